The third-order valence-corrected chi connectivity index (χ3v) is 6.44. The predicted molar refractivity (Wildman–Crippen MR) is 99.7 cm³/mol. The molecule has 0 bridgehead atoms. The third kappa shape index (κ3) is 3.62. The summed E-state index contributed by atoms with van der Waals surface area (Å²) in [4.78, 5) is 5.08. The van der Waals surface area contributed by atoms with Crippen LogP contribution in [0.2, 0.25) is 0 Å². The average Bonchev–Trinajstić information content (AvgIpc) is 2.53. The van der Waals surface area contributed by atoms with Gasteiger partial charge in [0.1, 0.15) is 10.8 Å². The summed E-state index contributed by atoms with van der Waals surface area (Å²) in [5.41, 5.74) is 7.68. The fraction of sp³-hybridized carbons (Fsp3) is 0.333. The first-order valence-corrected chi connectivity index (χ1v) is 9.48. The lowest BCUT2D eigenvalue weighted by molar-refractivity contribution is 0.996. The Bertz CT molecular complexity index is 654. The Kier molecular flexibility index (Phi) is 4.87. The van der Waals surface area contributed by atoms with Crippen LogP contribution in [-0.4, -0.2) is 39.0 Å². The zero-order valence-corrected chi connectivity index (χ0v) is 14.0. The van der Waals surface area contributed by atoms with Crippen molar-refractivity contribution in [3.05, 3.63) is 35.9 Å². The molecule has 0 amide bonds. The number of anilines is 1. The molecule has 2 aromatic rings. The first kappa shape index (κ1) is 14.9. The summed E-state index contributed by atoms with van der Waals surface area (Å²) in [5.74, 6) is 4.56. The van der Waals surface area contributed by atoms with E-state index >= 15 is 0 Å². The maximum absolute atomic E-state index is 5.86. The third-order valence-electron chi connectivity index (χ3n) is 3.38. The molecule has 1 saturated heterocycles. The van der Waals surface area contributed by atoms with Crippen LogP contribution >= 0.6 is 35.7 Å². The van der Waals surface area contributed by atoms with Crippen LogP contribution in [0.4, 0.5) is 5.82 Å². The number of hydrogen-bond acceptors (Lipinski definition) is 5. The van der Waals surface area contributed by atoms with Crippen LogP contribution in [0.5, 0.6) is 0 Å². The summed E-state index contributed by atoms with van der Waals surface area (Å²) in [6, 6.07) is 9.93. The van der Waals surface area contributed by atoms with E-state index in [-0.39, 0.29) is 0 Å². The summed E-state index contributed by atoms with van der Waals surface area (Å²) in [5, 5.41) is 5.10. The number of thiocarbonyl (C=S) groups is 1. The zero-order valence-electron chi connectivity index (χ0n) is 11.5. The molecular formula is C15H17N3S3. The Hall–Kier alpha value is -0.980. The summed E-state index contributed by atoms with van der Waals surface area (Å²) < 4.78 is 0. The average molecular weight is 336 g/mol. The summed E-state index contributed by atoms with van der Waals surface area (Å²) in [6.07, 6.45) is 0. The van der Waals surface area contributed by atoms with Gasteiger partial charge in [-0.25, -0.2) is 4.98 Å². The molecule has 1 aromatic heterocycles. The lowest BCUT2D eigenvalue weighted by Crippen LogP contribution is -2.23. The van der Waals surface area contributed by atoms with Gasteiger partial charge in [0.15, 0.2) is 0 Å². The van der Waals surface area contributed by atoms with Crippen molar-refractivity contribution in [3.63, 3.8) is 0 Å². The van der Waals surface area contributed by atoms with Gasteiger partial charge in [-0.1, -0.05) is 30.4 Å². The number of rotatable bonds is 4. The van der Waals surface area contributed by atoms with Crippen LogP contribution in [0.3, 0.4) is 0 Å². The van der Waals surface area contributed by atoms with E-state index in [9.17, 15) is 0 Å². The molecule has 1 aliphatic rings. The van der Waals surface area contributed by atoms with Crippen molar-refractivity contribution >= 4 is 57.5 Å². The van der Waals surface area contributed by atoms with Gasteiger partial charge < -0.3 is 11.1 Å². The lowest BCUT2D eigenvalue weighted by Gasteiger charge is -2.21. The zero-order chi connectivity index (χ0) is 14.7. The Morgan fingerprint density at radius 1 is 1.38 bits per heavy atom. The second-order valence-electron chi connectivity index (χ2n) is 4.89. The molecule has 6 heteroatoms. The minimum Gasteiger partial charge on any atom is -0.389 e. The van der Waals surface area contributed by atoms with Crippen molar-refractivity contribution in [1.29, 1.82) is 0 Å². The summed E-state index contributed by atoms with van der Waals surface area (Å²) >= 11 is 9.23. The molecule has 1 fully saturated rings. The molecule has 21 heavy (non-hydrogen) atoms. The van der Waals surface area contributed by atoms with E-state index in [2.05, 4.69) is 10.3 Å². The minimum absolute atomic E-state index is 0.416. The van der Waals surface area contributed by atoms with E-state index in [4.69, 9.17) is 18.0 Å². The number of nitrogens with one attached hydrogen (secondary N) is 1. The fourth-order valence-electron chi connectivity index (χ4n) is 2.34. The minimum atomic E-state index is 0.416. The van der Waals surface area contributed by atoms with Crippen molar-refractivity contribution in [1.82, 2.24) is 4.98 Å². The highest BCUT2D eigenvalue weighted by Crippen LogP contribution is 2.25. The summed E-state index contributed by atoms with van der Waals surface area (Å²) in [7, 11) is 0. The maximum Gasteiger partial charge on any atom is 0.127 e. The smallest absolute Gasteiger partial charge is 0.127 e. The Morgan fingerprint density at radius 2 is 2.24 bits per heavy atom. The van der Waals surface area contributed by atoms with Crippen molar-refractivity contribution in [2.24, 2.45) is 5.73 Å². The summed E-state index contributed by atoms with van der Waals surface area (Å²) in [6.45, 7) is 0.930. The van der Waals surface area contributed by atoms with E-state index in [0.29, 0.717) is 10.2 Å². The molecule has 1 atom stereocenters. The van der Waals surface area contributed by atoms with Crippen LogP contribution in [0, 0.1) is 0 Å². The first-order chi connectivity index (χ1) is 10.2. The molecule has 3 N–H and O–H groups in total. The lowest BCUT2D eigenvalue weighted by atomic mass is 10.1. The number of fused-ring (bicyclic) bond motifs is 1. The van der Waals surface area contributed by atoms with Gasteiger partial charge in [-0.3, -0.25) is 0 Å². The largest absolute Gasteiger partial charge is 0.389 e. The highest BCUT2D eigenvalue weighted by molar-refractivity contribution is 8.06. The highest BCUT2D eigenvalue weighted by Gasteiger charge is 2.14. The van der Waals surface area contributed by atoms with E-state index in [1.165, 1.54) is 17.3 Å². The molecule has 0 aliphatic carbocycles. The van der Waals surface area contributed by atoms with E-state index in [0.717, 1.165) is 28.8 Å². The van der Waals surface area contributed by atoms with Gasteiger partial charge in [-0.05, 0) is 12.1 Å². The fourth-order valence-corrected chi connectivity index (χ4v) is 5.12. The first-order valence-electron chi connectivity index (χ1n) is 6.87. The molecule has 1 aromatic carbocycles. The monoisotopic (exact) mass is 335 g/mol. The number of aromatic nitrogens is 1. The molecule has 3 rings (SSSR count). The normalized spacial score (nSPS) is 18.6. The molecule has 1 unspecified atom stereocenters. The maximum atomic E-state index is 5.86. The molecule has 0 spiro atoms. The van der Waals surface area contributed by atoms with Gasteiger partial charge in [0.25, 0.3) is 0 Å². The topological polar surface area (TPSA) is 50.9 Å². The van der Waals surface area contributed by atoms with E-state index < -0.39 is 0 Å². The number of hydrogen-bond donors (Lipinski definition) is 2. The number of nitrogens with zero attached hydrogens (tertiary/aromatic N) is 1. The van der Waals surface area contributed by atoms with Crippen LogP contribution in [0.15, 0.2) is 30.3 Å². The predicted octanol–water partition coefficient (Wildman–Crippen LogP) is 3.13. The van der Waals surface area contributed by atoms with Gasteiger partial charge >= 0.3 is 0 Å². The number of pyridine rings is 1. The van der Waals surface area contributed by atoms with Crippen molar-refractivity contribution in [2.45, 2.75) is 5.25 Å². The standard InChI is InChI=1S/C15H17N3S3/c16-15(19)12-7-14(17-8-10-9-20-5-6-21-10)18-13-4-2-1-3-11(12)13/h1-4,7,10H,5-6,8-9H2,(H2,16,19)(H,17,18). The highest BCUT2D eigenvalue weighted by atomic mass is 32.2. The van der Waals surface area contributed by atoms with Crippen LogP contribution in [0.25, 0.3) is 10.9 Å². The molecule has 1 aliphatic heterocycles. The number of nitrogens with two attached hydrogens (primary N) is 1. The molecular weight excluding hydrogens is 318 g/mol. The van der Waals surface area contributed by atoms with E-state index in [1.54, 1.807) is 0 Å². The van der Waals surface area contributed by atoms with E-state index in [1.807, 2.05) is 53.9 Å². The van der Waals surface area contributed by atoms with Crippen molar-refractivity contribution in [3.8, 4) is 0 Å². The molecule has 3 nitrogen and oxygen atoms in total. The second-order valence-corrected chi connectivity index (χ2v) is 7.88. The number of para-hydroxylation sites is 1. The van der Waals surface area contributed by atoms with Crippen LogP contribution < -0.4 is 11.1 Å². The van der Waals surface area contributed by atoms with Gasteiger partial charge in [0, 0.05) is 40.0 Å². The van der Waals surface area contributed by atoms with Gasteiger partial charge in [0.2, 0.25) is 0 Å². The Labute approximate surface area is 138 Å². The molecule has 2 heterocycles. The number of thioether (sulfide) groups is 2. The second kappa shape index (κ2) is 6.85. The van der Waals surface area contributed by atoms with Gasteiger partial charge in [0.05, 0.1) is 5.52 Å². The van der Waals surface area contributed by atoms with Gasteiger partial charge in [-0.15, -0.1) is 0 Å². The van der Waals surface area contributed by atoms with Gasteiger partial charge in [-0.2, -0.15) is 23.5 Å². The van der Waals surface area contributed by atoms with Crippen LogP contribution in [-0.2, 0) is 0 Å². The quantitative estimate of drug-likeness (QED) is 0.837. The molecule has 110 valence electrons. The number of benzene rings is 1. The molecule has 0 saturated carbocycles. The van der Waals surface area contributed by atoms with Crippen molar-refractivity contribution < 1.29 is 0 Å². The Balaban J connectivity index is 1.83. The Morgan fingerprint density at radius 3 is 3.00 bits per heavy atom. The molecule has 0 radical (unpaired) electrons. The SMILES string of the molecule is NC(=S)c1cc(NCC2CSCCS2)nc2ccccc12. The van der Waals surface area contributed by atoms with Crippen LogP contribution in [0.1, 0.15) is 5.56 Å². The van der Waals surface area contributed by atoms with Crippen molar-refractivity contribution in [2.75, 3.05) is 29.1 Å².